The van der Waals surface area contributed by atoms with Gasteiger partial charge in [0, 0.05) is 19.3 Å². The van der Waals surface area contributed by atoms with Crippen molar-refractivity contribution in [3.8, 4) is 0 Å². The van der Waals surface area contributed by atoms with Gasteiger partial charge < -0.3 is 10.6 Å². The molecule has 4 nitrogen and oxygen atoms in total. The van der Waals surface area contributed by atoms with E-state index in [-0.39, 0.29) is 0 Å². The molecule has 5 heteroatoms. The standard InChI is InChI=1S/C17H22N4S/c18-16(12-20-10-8-17(19)22)21-11-9-15(13-21)7-6-14-4-2-1-3-5-14/h1-5,8,10,12,15,18H,6-7,9,11,13H2,(H2,19,22)/b10-8+,18-16?,20-12?. The van der Waals surface area contributed by atoms with E-state index in [1.165, 1.54) is 18.2 Å². The maximum atomic E-state index is 8.04. The van der Waals surface area contributed by atoms with E-state index in [4.69, 9.17) is 23.4 Å². The van der Waals surface area contributed by atoms with Crippen LogP contribution < -0.4 is 5.73 Å². The van der Waals surface area contributed by atoms with Gasteiger partial charge in [-0.25, -0.2) is 0 Å². The molecule has 22 heavy (non-hydrogen) atoms. The van der Waals surface area contributed by atoms with Crippen LogP contribution in [0.1, 0.15) is 18.4 Å². The predicted octanol–water partition coefficient (Wildman–Crippen LogP) is 2.79. The molecule has 0 amide bonds. The van der Waals surface area contributed by atoms with E-state index in [1.807, 2.05) is 6.07 Å². The predicted molar refractivity (Wildman–Crippen MR) is 96.6 cm³/mol. The van der Waals surface area contributed by atoms with Crippen LogP contribution in [0, 0.1) is 11.3 Å². The molecule has 1 aromatic carbocycles. The summed E-state index contributed by atoms with van der Waals surface area (Å²) >= 11 is 4.72. The lowest BCUT2D eigenvalue weighted by atomic mass is 9.99. The Kier molecular flexibility index (Phi) is 6.27. The Labute approximate surface area is 137 Å². The number of aliphatic imine (C=N–C) groups is 1. The minimum Gasteiger partial charge on any atom is -0.390 e. The van der Waals surface area contributed by atoms with Crippen LogP contribution in [0.4, 0.5) is 0 Å². The van der Waals surface area contributed by atoms with Crippen molar-refractivity contribution in [2.75, 3.05) is 13.1 Å². The fourth-order valence-electron chi connectivity index (χ4n) is 2.61. The number of rotatable bonds is 6. The topological polar surface area (TPSA) is 65.5 Å². The summed E-state index contributed by atoms with van der Waals surface area (Å²) < 4.78 is 0. The first kappa shape index (κ1) is 16.4. The molecule has 1 unspecified atom stereocenters. The molecular weight excluding hydrogens is 292 g/mol. The molecule has 2 rings (SSSR count). The van der Waals surface area contributed by atoms with Crippen molar-refractivity contribution >= 4 is 29.3 Å². The van der Waals surface area contributed by atoms with E-state index in [1.54, 1.807) is 12.3 Å². The van der Waals surface area contributed by atoms with Crippen molar-refractivity contribution in [2.24, 2.45) is 16.6 Å². The van der Waals surface area contributed by atoms with E-state index in [0.29, 0.717) is 16.7 Å². The lowest BCUT2D eigenvalue weighted by Crippen LogP contribution is -2.28. The highest BCUT2D eigenvalue weighted by atomic mass is 32.1. The minimum atomic E-state index is 0.297. The van der Waals surface area contributed by atoms with Crippen LogP contribution in [0.3, 0.4) is 0 Å². The van der Waals surface area contributed by atoms with Gasteiger partial charge in [-0.1, -0.05) is 42.5 Å². The van der Waals surface area contributed by atoms with Crippen molar-refractivity contribution in [1.82, 2.24) is 4.90 Å². The summed E-state index contributed by atoms with van der Waals surface area (Å²) in [6.07, 6.45) is 8.05. The second-order valence-corrected chi connectivity index (χ2v) is 5.98. The van der Waals surface area contributed by atoms with Crippen LogP contribution in [-0.2, 0) is 6.42 Å². The summed E-state index contributed by atoms with van der Waals surface area (Å²) in [7, 11) is 0. The minimum absolute atomic E-state index is 0.297. The number of nitrogens with zero attached hydrogens (tertiary/aromatic N) is 2. The van der Waals surface area contributed by atoms with Crippen molar-refractivity contribution < 1.29 is 0 Å². The van der Waals surface area contributed by atoms with Crippen LogP contribution in [0.15, 0.2) is 47.6 Å². The summed E-state index contributed by atoms with van der Waals surface area (Å²) in [4.78, 5) is 6.41. The molecule has 1 saturated heterocycles. The summed E-state index contributed by atoms with van der Waals surface area (Å²) in [5.74, 6) is 1.11. The molecule has 1 aliphatic rings. The largest absolute Gasteiger partial charge is 0.390 e. The van der Waals surface area contributed by atoms with E-state index in [9.17, 15) is 0 Å². The van der Waals surface area contributed by atoms with E-state index in [0.717, 1.165) is 25.9 Å². The molecule has 3 N–H and O–H groups in total. The van der Waals surface area contributed by atoms with Gasteiger partial charge in [-0.15, -0.1) is 0 Å². The van der Waals surface area contributed by atoms with Gasteiger partial charge in [0.05, 0.1) is 11.2 Å². The third kappa shape index (κ3) is 5.41. The number of nitrogens with one attached hydrogen (secondary N) is 1. The molecule has 0 saturated carbocycles. The average Bonchev–Trinajstić information content (AvgIpc) is 2.99. The monoisotopic (exact) mass is 314 g/mol. The molecule has 0 spiro atoms. The highest BCUT2D eigenvalue weighted by Crippen LogP contribution is 2.21. The third-order valence-corrected chi connectivity index (χ3v) is 3.97. The normalized spacial score (nSPS) is 18.4. The molecule has 1 aromatic rings. The van der Waals surface area contributed by atoms with Crippen LogP contribution >= 0.6 is 12.2 Å². The Morgan fingerprint density at radius 3 is 2.91 bits per heavy atom. The maximum absolute atomic E-state index is 8.04. The zero-order valence-electron chi connectivity index (χ0n) is 12.6. The van der Waals surface area contributed by atoms with Crippen LogP contribution in [0.25, 0.3) is 0 Å². The second-order valence-electron chi connectivity index (χ2n) is 5.51. The first-order valence-electron chi connectivity index (χ1n) is 7.51. The van der Waals surface area contributed by atoms with E-state index >= 15 is 0 Å². The Hall–Kier alpha value is -2.01. The highest BCUT2D eigenvalue weighted by Gasteiger charge is 2.23. The quantitative estimate of drug-likeness (QED) is 0.367. The highest BCUT2D eigenvalue weighted by molar-refractivity contribution is 7.80. The smallest absolute Gasteiger partial charge is 0.139 e. The second kappa shape index (κ2) is 8.44. The number of hydrogen-bond donors (Lipinski definition) is 2. The van der Waals surface area contributed by atoms with E-state index < -0.39 is 0 Å². The zero-order chi connectivity index (χ0) is 15.8. The number of aryl methyl sites for hydroxylation is 1. The van der Waals surface area contributed by atoms with Crippen LogP contribution in [0.2, 0.25) is 0 Å². The van der Waals surface area contributed by atoms with Crippen molar-refractivity contribution in [3.05, 3.63) is 48.2 Å². The molecule has 0 aliphatic carbocycles. The fourth-order valence-corrected chi connectivity index (χ4v) is 2.68. The number of amidine groups is 1. The molecule has 1 heterocycles. The molecule has 1 fully saturated rings. The van der Waals surface area contributed by atoms with Gasteiger partial charge in [0.2, 0.25) is 0 Å². The summed E-state index contributed by atoms with van der Waals surface area (Å²) in [6, 6.07) is 10.6. The number of nitrogens with two attached hydrogens (primary N) is 1. The molecule has 116 valence electrons. The molecule has 0 bridgehead atoms. The van der Waals surface area contributed by atoms with Crippen LogP contribution in [0.5, 0.6) is 0 Å². The van der Waals surface area contributed by atoms with Gasteiger partial charge in [-0.3, -0.25) is 10.4 Å². The van der Waals surface area contributed by atoms with Crippen molar-refractivity contribution in [2.45, 2.75) is 19.3 Å². The van der Waals surface area contributed by atoms with Gasteiger partial charge in [-0.05, 0) is 36.8 Å². The van der Waals surface area contributed by atoms with Gasteiger partial charge in [0.25, 0.3) is 0 Å². The number of hydrogen-bond acceptors (Lipinski definition) is 3. The summed E-state index contributed by atoms with van der Waals surface area (Å²) in [6.45, 7) is 1.88. The average molecular weight is 314 g/mol. The van der Waals surface area contributed by atoms with Crippen molar-refractivity contribution in [3.63, 3.8) is 0 Å². The Balaban J connectivity index is 1.75. The van der Waals surface area contributed by atoms with Gasteiger partial charge in [-0.2, -0.15) is 0 Å². The zero-order valence-corrected chi connectivity index (χ0v) is 13.4. The van der Waals surface area contributed by atoms with Gasteiger partial charge in [0.15, 0.2) is 0 Å². The van der Waals surface area contributed by atoms with Gasteiger partial charge >= 0.3 is 0 Å². The Morgan fingerprint density at radius 1 is 1.41 bits per heavy atom. The lowest BCUT2D eigenvalue weighted by Gasteiger charge is -2.16. The number of benzene rings is 1. The SMILES string of the molecule is N=C(C=N/C=C/C(N)=S)N1CCC(CCc2ccccc2)C1. The molecule has 0 aromatic heterocycles. The third-order valence-electron chi connectivity index (χ3n) is 3.83. The van der Waals surface area contributed by atoms with E-state index in [2.05, 4.69) is 34.2 Å². The van der Waals surface area contributed by atoms with Gasteiger partial charge in [0.1, 0.15) is 5.84 Å². The maximum Gasteiger partial charge on any atom is 0.139 e. The van der Waals surface area contributed by atoms with Crippen molar-refractivity contribution in [1.29, 1.82) is 5.41 Å². The number of thiocarbonyl (C=S) groups is 1. The van der Waals surface area contributed by atoms with Crippen LogP contribution in [-0.4, -0.2) is 35.0 Å². The first-order chi connectivity index (χ1) is 10.6. The number of likely N-dealkylation sites (tertiary alicyclic amines) is 1. The fraction of sp³-hybridized carbons (Fsp3) is 0.353. The summed E-state index contributed by atoms with van der Waals surface area (Å²) in [5, 5.41) is 8.04. The Bertz CT molecular complexity index is 565. The summed E-state index contributed by atoms with van der Waals surface area (Å²) in [5.41, 5.74) is 6.73. The molecule has 1 aliphatic heterocycles. The molecular formula is C17H22N4S. The lowest BCUT2D eigenvalue weighted by molar-refractivity contribution is 0.464. The Morgan fingerprint density at radius 2 is 2.18 bits per heavy atom. The molecule has 0 radical (unpaired) electrons. The first-order valence-corrected chi connectivity index (χ1v) is 7.92. The molecule has 1 atom stereocenters.